The molecule has 0 bridgehead atoms. The number of hydrogen-bond acceptors (Lipinski definition) is 2. The lowest BCUT2D eigenvalue weighted by Crippen LogP contribution is -2.11. The molecule has 0 aliphatic heterocycles. The van der Waals surface area contributed by atoms with Gasteiger partial charge in [0.05, 0.1) is 5.69 Å². The topological polar surface area (TPSA) is 16.4 Å². The standard InChI is InChI=1S/C54H35NO/c1-2-11-36(12-3-1)37-23-28-43(29-24-37)55(44-30-25-38(26-31-44)40-27-32-46-42(33-40)22-21-39-13-4-5-15-45(39)46)52-19-8-6-16-48(52)47-18-10-14-41-34-54-51(35-50(41)47)49-17-7-9-20-53(49)56-54/h1-35H. The summed E-state index contributed by atoms with van der Waals surface area (Å²) in [6, 6.07) is 76.6. The molecular weight excluding hydrogens is 679 g/mol. The molecule has 56 heavy (non-hydrogen) atoms. The summed E-state index contributed by atoms with van der Waals surface area (Å²) in [7, 11) is 0. The van der Waals surface area contributed by atoms with E-state index in [1.54, 1.807) is 0 Å². The van der Waals surface area contributed by atoms with E-state index < -0.39 is 0 Å². The smallest absolute Gasteiger partial charge is 0.136 e. The Bertz CT molecular complexity index is 3230. The number of hydrogen-bond donors (Lipinski definition) is 0. The second-order valence-electron chi connectivity index (χ2n) is 14.5. The number of para-hydroxylation sites is 2. The number of fused-ring (bicyclic) bond motifs is 7. The normalized spacial score (nSPS) is 11.6. The van der Waals surface area contributed by atoms with E-state index in [9.17, 15) is 0 Å². The Labute approximate surface area is 325 Å². The highest BCUT2D eigenvalue weighted by Gasteiger charge is 2.20. The maximum absolute atomic E-state index is 6.30. The van der Waals surface area contributed by atoms with Gasteiger partial charge in [0.25, 0.3) is 0 Å². The summed E-state index contributed by atoms with van der Waals surface area (Å²) in [5, 5.41) is 9.68. The van der Waals surface area contributed by atoms with E-state index in [-0.39, 0.29) is 0 Å². The molecule has 0 aliphatic rings. The summed E-state index contributed by atoms with van der Waals surface area (Å²) in [5.41, 5.74) is 12.2. The van der Waals surface area contributed by atoms with Gasteiger partial charge in [-0.05, 0) is 115 Å². The second-order valence-corrected chi connectivity index (χ2v) is 14.5. The van der Waals surface area contributed by atoms with Crippen LogP contribution >= 0.6 is 0 Å². The first-order valence-electron chi connectivity index (χ1n) is 19.2. The number of anilines is 3. The van der Waals surface area contributed by atoms with Gasteiger partial charge in [0.15, 0.2) is 0 Å². The van der Waals surface area contributed by atoms with E-state index in [0.717, 1.165) is 50.0 Å². The van der Waals surface area contributed by atoms with Crippen molar-refractivity contribution in [2.45, 2.75) is 0 Å². The zero-order valence-corrected chi connectivity index (χ0v) is 30.6. The summed E-state index contributed by atoms with van der Waals surface area (Å²) in [4.78, 5) is 2.39. The molecule has 11 aromatic rings. The molecule has 0 spiro atoms. The van der Waals surface area contributed by atoms with Gasteiger partial charge in [0.2, 0.25) is 0 Å². The quantitative estimate of drug-likeness (QED) is 0.160. The van der Waals surface area contributed by atoms with Crippen LogP contribution in [-0.4, -0.2) is 0 Å². The fourth-order valence-electron chi connectivity index (χ4n) is 8.48. The minimum atomic E-state index is 0.907. The van der Waals surface area contributed by atoms with E-state index >= 15 is 0 Å². The zero-order valence-electron chi connectivity index (χ0n) is 30.6. The Morgan fingerprint density at radius 2 is 0.857 bits per heavy atom. The summed E-state index contributed by atoms with van der Waals surface area (Å²) in [6.07, 6.45) is 0. The third-order valence-corrected chi connectivity index (χ3v) is 11.2. The predicted octanol–water partition coefficient (Wildman–Crippen LogP) is 15.5. The van der Waals surface area contributed by atoms with Crippen LogP contribution in [0.2, 0.25) is 0 Å². The highest BCUT2D eigenvalue weighted by Crippen LogP contribution is 2.44. The molecular formula is C54H35NO. The van der Waals surface area contributed by atoms with Gasteiger partial charge >= 0.3 is 0 Å². The lowest BCUT2D eigenvalue weighted by molar-refractivity contribution is 0.669. The number of rotatable bonds is 6. The highest BCUT2D eigenvalue weighted by atomic mass is 16.3. The Hall–Kier alpha value is -7.42. The van der Waals surface area contributed by atoms with Crippen molar-refractivity contribution in [3.8, 4) is 33.4 Å². The number of furan rings is 1. The molecule has 0 radical (unpaired) electrons. The molecule has 0 aliphatic carbocycles. The van der Waals surface area contributed by atoms with Crippen molar-refractivity contribution in [2.75, 3.05) is 4.90 Å². The van der Waals surface area contributed by atoms with E-state index in [4.69, 9.17) is 4.42 Å². The summed E-state index contributed by atoms with van der Waals surface area (Å²) >= 11 is 0. The van der Waals surface area contributed by atoms with Crippen molar-refractivity contribution in [1.82, 2.24) is 0 Å². The third-order valence-electron chi connectivity index (χ3n) is 11.2. The molecule has 1 aromatic heterocycles. The molecule has 0 fully saturated rings. The van der Waals surface area contributed by atoms with Crippen molar-refractivity contribution in [1.29, 1.82) is 0 Å². The minimum absolute atomic E-state index is 0.907. The van der Waals surface area contributed by atoms with Gasteiger partial charge in [0, 0.05) is 27.7 Å². The molecule has 262 valence electrons. The van der Waals surface area contributed by atoms with Crippen LogP contribution in [0.3, 0.4) is 0 Å². The van der Waals surface area contributed by atoms with Gasteiger partial charge in [-0.25, -0.2) is 0 Å². The average molecular weight is 714 g/mol. The van der Waals surface area contributed by atoms with Crippen LogP contribution in [0, 0.1) is 0 Å². The average Bonchev–Trinajstić information content (AvgIpc) is 3.63. The largest absolute Gasteiger partial charge is 0.456 e. The fourth-order valence-corrected chi connectivity index (χ4v) is 8.48. The van der Waals surface area contributed by atoms with Gasteiger partial charge in [-0.15, -0.1) is 0 Å². The van der Waals surface area contributed by atoms with E-state index in [2.05, 4.69) is 205 Å². The first kappa shape index (κ1) is 32.0. The Balaban J connectivity index is 1.05. The lowest BCUT2D eigenvalue weighted by Gasteiger charge is -2.28. The van der Waals surface area contributed by atoms with E-state index in [1.807, 2.05) is 12.1 Å². The molecule has 10 aromatic carbocycles. The van der Waals surface area contributed by atoms with Crippen molar-refractivity contribution < 1.29 is 4.42 Å². The SMILES string of the molecule is c1ccc(-c2ccc(N(c3ccc(-c4ccc5c(ccc6ccccc65)c4)cc3)c3ccccc3-c3cccc4cc5oc6ccccc6c5cc34)cc2)cc1. The highest BCUT2D eigenvalue weighted by molar-refractivity contribution is 6.13. The zero-order chi connectivity index (χ0) is 37.0. The molecule has 0 atom stereocenters. The Kier molecular flexibility index (Phi) is 7.53. The molecule has 0 amide bonds. The first-order valence-corrected chi connectivity index (χ1v) is 19.2. The van der Waals surface area contributed by atoms with Crippen LogP contribution in [0.5, 0.6) is 0 Å². The molecule has 2 heteroatoms. The van der Waals surface area contributed by atoms with Crippen LogP contribution in [0.15, 0.2) is 217 Å². The monoisotopic (exact) mass is 713 g/mol. The van der Waals surface area contributed by atoms with E-state index in [1.165, 1.54) is 54.7 Å². The van der Waals surface area contributed by atoms with Gasteiger partial charge in [-0.2, -0.15) is 0 Å². The Morgan fingerprint density at radius 3 is 1.68 bits per heavy atom. The molecule has 0 unspecified atom stereocenters. The molecule has 11 rings (SSSR count). The summed E-state index contributed by atoms with van der Waals surface area (Å²) in [5.74, 6) is 0. The first-order chi connectivity index (χ1) is 27.7. The van der Waals surface area contributed by atoms with Crippen molar-refractivity contribution in [2.24, 2.45) is 0 Å². The lowest BCUT2D eigenvalue weighted by atomic mass is 9.94. The molecule has 0 N–H and O–H groups in total. The van der Waals surface area contributed by atoms with Crippen LogP contribution in [0.25, 0.3) is 87.6 Å². The molecule has 0 saturated heterocycles. The summed E-state index contributed by atoms with van der Waals surface area (Å²) < 4.78 is 6.30. The fraction of sp³-hybridized carbons (Fsp3) is 0. The van der Waals surface area contributed by atoms with Crippen LogP contribution in [-0.2, 0) is 0 Å². The third kappa shape index (κ3) is 5.42. The minimum Gasteiger partial charge on any atom is -0.456 e. The van der Waals surface area contributed by atoms with Crippen LogP contribution in [0.1, 0.15) is 0 Å². The van der Waals surface area contributed by atoms with Gasteiger partial charge in [0.1, 0.15) is 11.2 Å². The molecule has 2 nitrogen and oxygen atoms in total. The van der Waals surface area contributed by atoms with E-state index in [0.29, 0.717) is 0 Å². The van der Waals surface area contributed by atoms with Gasteiger partial charge in [-0.3, -0.25) is 0 Å². The molecule has 1 heterocycles. The Morgan fingerprint density at radius 1 is 0.286 bits per heavy atom. The van der Waals surface area contributed by atoms with Gasteiger partial charge < -0.3 is 9.32 Å². The van der Waals surface area contributed by atoms with Crippen molar-refractivity contribution >= 4 is 71.3 Å². The van der Waals surface area contributed by atoms with Crippen LogP contribution in [0.4, 0.5) is 17.1 Å². The van der Waals surface area contributed by atoms with Crippen LogP contribution < -0.4 is 4.90 Å². The second kappa shape index (κ2) is 13.2. The molecule has 0 saturated carbocycles. The predicted molar refractivity (Wildman–Crippen MR) is 237 cm³/mol. The van der Waals surface area contributed by atoms with Gasteiger partial charge in [-0.1, -0.05) is 158 Å². The van der Waals surface area contributed by atoms with Crippen molar-refractivity contribution in [3.05, 3.63) is 212 Å². The number of benzene rings is 10. The maximum Gasteiger partial charge on any atom is 0.136 e. The maximum atomic E-state index is 6.30. The number of nitrogens with zero attached hydrogens (tertiary/aromatic N) is 1. The summed E-state index contributed by atoms with van der Waals surface area (Å²) in [6.45, 7) is 0. The van der Waals surface area contributed by atoms with Crippen molar-refractivity contribution in [3.63, 3.8) is 0 Å².